The first kappa shape index (κ1) is 9.78. The van der Waals surface area contributed by atoms with Crippen molar-refractivity contribution in [3.05, 3.63) is 23.5 Å². The monoisotopic (exact) mass is 210 g/mol. The van der Waals surface area contributed by atoms with Crippen LogP contribution in [0.2, 0.25) is 0 Å². The first-order valence-corrected chi connectivity index (χ1v) is 5.46. The second-order valence-electron chi connectivity index (χ2n) is 3.90. The number of alkyl halides is 1. The molecule has 3 heteroatoms. The second kappa shape index (κ2) is 3.77. The van der Waals surface area contributed by atoms with Crippen LogP contribution in [0.15, 0.2) is 12.3 Å². The molecule has 1 atom stereocenters. The Morgan fingerprint density at radius 3 is 2.93 bits per heavy atom. The van der Waals surface area contributed by atoms with Crippen LogP contribution < -0.4 is 0 Å². The van der Waals surface area contributed by atoms with Crippen LogP contribution in [0.1, 0.15) is 30.5 Å². The van der Waals surface area contributed by atoms with Gasteiger partial charge >= 0.3 is 0 Å². The summed E-state index contributed by atoms with van der Waals surface area (Å²) < 4.78 is 1.86. The summed E-state index contributed by atoms with van der Waals surface area (Å²) >= 11 is 6.12. The highest BCUT2D eigenvalue weighted by Gasteiger charge is 2.15. The van der Waals surface area contributed by atoms with E-state index in [1.165, 1.54) is 17.6 Å². The zero-order valence-corrected chi connectivity index (χ0v) is 9.38. The second-order valence-corrected chi connectivity index (χ2v) is 4.46. The third-order valence-corrected chi connectivity index (χ3v) is 3.01. The Bertz CT molecular complexity index is 365. The fourth-order valence-electron chi connectivity index (χ4n) is 2.01. The van der Waals surface area contributed by atoms with Gasteiger partial charge in [0, 0.05) is 18.8 Å². The molecule has 0 amide bonds. The number of allylic oxidation sites excluding steroid dienone is 2. The van der Waals surface area contributed by atoms with E-state index < -0.39 is 0 Å². The minimum absolute atomic E-state index is 0.207. The molecule has 14 heavy (non-hydrogen) atoms. The Morgan fingerprint density at radius 2 is 2.36 bits per heavy atom. The third kappa shape index (κ3) is 1.85. The number of nitrogens with zero attached hydrogens (tertiary/aromatic N) is 2. The third-order valence-electron chi connectivity index (χ3n) is 2.67. The zero-order chi connectivity index (χ0) is 10.1. The van der Waals surface area contributed by atoms with Crippen molar-refractivity contribution in [2.24, 2.45) is 7.05 Å². The van der Waals surface area contributed by atoms with Gasteiger partial charge in [-0.3, -0.25) is 4.68 Å². The summed E-state index contributed by atoms with van der Waals surface area (Å²) in [5.74, 6) is 0. The van der Waals surface area contributed by atoms with Gasteiger partial charge in [-0.2, -0.15) is 5.10 Å². The lowest BCUT2D eigenvalue weighted by Gasteiger charge is -2.15. The van der Waals surface area contributed by atoms with Crippen molar-refractivity contribution in [3.63, 3.8) is 0 Å². The Labute approximate surface area is 89.6 Å². The average molecular weight is 211 g/mol. The van der Waals surface area contributed by atoms with E-state index in [9.17, 15) is 0 Å². The Hall–Kier alpha value is -0.760. The van der Waals surface area contributed by atoms with Gasteiger partial charge < -0.3 is 0 Å². The van der Waals surface area contributed by atoms with Gasteiger partial charge in [-0.15, -0.1) is 11.6 Å². The molecule has 0 aromatic carbocycles. The lowest BCUT2D eigenvalue weighted by molar-refractivity contribution is 0.746. The molecule has 0 spiro atoms. The average Bonchev–Trinajstić information content (AvgIpc) is 2.45. The summed E-state index contributed by atoms with van der Waals surface area (Å²) in [4.78, 5) is 0. The summed E-state index contributed by atoms with van der Waals surface area (Å²) in [5, 5.41) is 4.55. The predicted molar refractivity (Wildman–Crippen MR) is 59.4 cm³/mol. The minimum atomic E-state index is 0.207. The van der Waals surface area contributed by atoms with Crippen LogP contribution in [-0.4, -0.2) is 15.2 Å². The van der Waals surface area contributed by atoms with Crippen molar-refractivity contribution in [1.29, 1.82) is 0 Å². The van der Waals surface area contributed by atoms with Crippen molar-refractivity contribution in [2.45, 2.75) is 31.6 Å². The van der Waals surface area contributed by atoms with Crippen molar-refractivity contribution < 1.29 is 0 Å². The van der Waals surface area contributed by atoms with Crippen LogP contribution in [0, 0.1) is 6.92 Å². The van der Waals surface area contributed by atoms with E-state index in [0.29, 0.717) is 0 Å². The number of hydrogen-bond donors (Lipinski definition) is 0. The summed E-state index contributed by atoms with van der Waals surface area (Å²) in [5.41, 5.74) is 3.73. The van der Waals surface area contributed by atoms with Gasteiger partial charge in [0.15, 0.2) is 0 Å². The number of rotatable bonds is 1. The van der Waals surface area contributed by atoms with Crippen LogP contribution in [0.4, 0.5) is 0 Å². The summed E-state index contributed by atoms with van der Waals surface area (Å²) in [6, 6.07) is 0. The Kier molecular flexibility index (Phi) is 2.64. The van der Waals surface area contributed by atoms with Gasteiger partial charge in [-0.25, -0.2) is 0 Å². The number of halogens is 1. The van der Waals surface area contributed by atoms with Gasteiger partial charge in [0.2, 0.25) is 0 Å². The van der Waals surface area contributed by atoms with E-state index in [2.05, 4.69) is 17.4 Å². The van der Waals surface area contributed by atoms with Gasteiger partial charge in [-0.05, 0) is 31.8 Å². The molecule has 0 fully saturated rings. The van der Waals surface area contributed by atoms with Crippen molar-refractivity contribution in [3.8, 4) is 0 Å². The number of hydrogen-bond acceptors (Lipinski definition) is 1. The van der Waals surface area contributed by atoms with Gasteiger partial charge in [0.05, 0.1) is 11.1 Å². The Balaban J connectivity index is 2.34. The van der Waals surface area contributed by atoms with E-state index in [1.54, 1.807) is 0 Å². The highest BCUT2D eigenvalue weighted by Crippen LogP contribution is 2.30. The molecule has 1 unspecified atom stereocenters. The molecule has 1 heterocycles. The van der Waals surface area contributed by atoms with E-state index in [0.717, 1.165) is 18.5 Å². The number of aryl methyl sites for hydroxylation is 2. The molecule has 76 valence electrons. The normalized spacial score (nSPS) is 22.2. The smallest absolute Gasteiger partial charge is 0.0668 e. The SMILES string of the molecule is Cc1nn(C)cc1C1=CC(Cl)CCC1. The van der Waals surface area contributed by atoms with E-state index >= 15 is 0 Å². The molecule has 0 saturated carbocycles. The van der Waals surface area contributed by atoms with E-state index in [4.69, 9.17) is 11.6 Å². The van der Waals surface area contributed by atoms with Crippen LogP contribution in [0.25, 0.3) is 5.57 Å². The van der Waals surface area contributed by atoms with Crippen LogP contribution >= 0.6 is 11.6 Å². The van der Waals surface area contributed by atoms with Crippen molar-refractivity contribution >= 4 is 17.2 Å². The quantitative estimate of drug-likeness (QED) is 0.652. The molecule has 1 aliphatic carbocycles. The topological polar surface area (TPSA) is 17.8 Å². The molecule has 2 nitrogen and oxygen atoms in total. The molecule has 0 radical (unpaired) electrons. The van der Waals surface area contributed by atoms with Crippen LogP contribution in [0.5, 0.6) is 0 Å². The molecule has 0 aliphatic heterocycles. The standard InChI is InChI=1S/C11H15ClN2/c1-8-11(7-14(2)13-8)9-4-3-5-10(12)6-9/h6-7,10H,3-5H2,1-2H3. The molecule has 1 aliphatic rings. The van der Waals surface area contributed by atoms with Gasteiger partial charge in [-0.1, -0.05) is 6.08 Å². The van der Waals surface area contributed by atoms with E-state index in [-0.39, 0.29) is 5.38 Å². The predicted octanol–water partition coefficient (Wildman–Crippen LogP) is 2.90. The lowest BCUT2D eigenvalue weighted by atomic mass is 9.94. The van der Waals surface area contributed by atoms with Gasteiger partial charge in [0.1, 0.15) is 0 Å². The van der Waals surface area contributed by atoms with Gasteiger partial charge in [0.25, 0.3) is 0 Å². The maximum Gasteiger partial charge on any atom is 0.0668 e. The molecule has 0 N–H and O–H groups in total. The maximum atomic E-state index is 6.12. The molecule has 1 aromatic rings. The first-order valence-electron chi connectivity index (χ1n) is 5.02. The molecule has 0 saturated heterocycles. The summed E-state index contributed by atoms with van der Waals surface area (Å²) in [7, 11) is 1.96. The fourth-order valence-corrected chi connectivity index (χ4v) is 2.32. The van der Waals surface area contributed by atoms with Crippen molar-refractivity contribution in [1.82, 2.24) is 9.78 Å². The molecule has 0 bridgehead atoms. The van der Waals surface area contributed by atoms with Crippen LogP contribution in [-0.2, 0) is 7.05 Å². The Morgan fingerprint density at radius 1 is 1.57 bits per heavy atom. The summed E-state index contributed by atoms with van der Waals surface area (Å²) in [6.45, 7) is 2.05. The first-order chi connectivity index (χ1) is 6.66. The van der Waals surface area contributed by atoms with E-state index in [1.807, 2.05) is 18.7 Å². The maximum absolute atomic E-state index is 6.12. The lowest BCUT2D eigenvalue weighted by Crippen LogP contribution is -2.02. The summed E-state index contributed by atoms with van der Waals surface area (Å²) in [6.07, 6.45) is 7.68. The van der Waals surface area contributed by atoms with Crippen LogP contribution in [0.3, 0.4) is 0 Å². The largest absolute Gasteiger partial charge is 0.275 e. The molecular formula is C11H15ClN2. The molecular weight excluding hydrogens is 196 g/mol. The van der Waals surface area contributed by atoms with Crippen molar-refractivity contribution in [2.75, 3.05) is 0 Å². The number of aromatic nitrogens is 2. The molecule has 2 rings (SSSR count). The zero-order valence-electron chi connectivity index (χ0n) is 8.63. The highest BCUT2D eigenvalue weighted by atomic mass is 35.5. The highest BCUT2D eigenvalue weighted by molar-refractivity contribution is 6.22. The molecule has 1 aromatic heterocycles. The fraction of sp³-hybridized carbons (Fsp3) is 0.545. The minimum Gasteiger partial charge on any atom is -0.275 e.